The number of halogens is 1. The lowest BCUT2D eigenvalue weighted by atomic mass is 9.98. The van der Waals surface area contributed by atoms with Crippen molar-refractivity contribution in [1.82, 2.24) is 9.47 Å². The van der Waals surface area contributed by atoms with Crippen molar-refractivity contribution in [3.8, 4) is 6.07 Å². The molecule has 0 bridgehead atoms. The molecule has 32 heavy (non-hydrogen) atoms. The summed E-state index contributed by atoms with van der Waals surface area (Å²) in [6.07, 6.45) is 1.58. The Bertz CT molecular complexity index is 1020. The number of carbonyl (C=O) groups is 2. The molecule has 7 nitrogen and oxygen atoms in total. The molecular weight excluding hydrogens is 411 g/mol. The lowest BCUT2D eigenvalue weighted by molar-refractivity contribution is -0.150. The number of nitriles is 1. The van der Waals surface area contributed by atoms with Crippen LogP contribution in [0.2, 0.25) is 0 Å². The fraction of sp³-hybridized carbons (Fsp3) is 0.458. The SMILES string of the molecule is CCOC(=O)[C@@H]1CCCN(CC(=O)Nc2c(C#N)c(C)c(C)n2Cc2ccc(F)cc2)C1. The number of hydrogen-bond donors (Lipinski definition) is 1. The molecule has 3 rings (SSSR count). The molecule has 170 valence electrons. The van der Waals surface area contributed by atoms with Crippen LogP contribution in [0.1, 0.15) is 42.1 Å². The summed E-state index contributed by atoms with van der Waals surface area (Å²) < 4.78 is 20.3. The van der Waals surface area contributed by atoms with Crippen molar-refractivity contribution < 1.29 is 18.7 Å². The Morgan fingerprint density at radius 1 is 1.28 bits per heavy atom. The molecule has 1 aliphatic heterocycles. The van der Waals surface area contributed by atoms with Crippen LogP contribution >= 0.6 is 0 Å². The van der Waals surface area contributed by atoms with Gasteiger partial charge in [-0.3, -0.25) is 14.5 Å². The molecule has 0 spiro atoms. The first-order chi connectivity index (χ1) is 15.3. The van der Waals surface area contributed by atoms with Gasteiger partial charge in [0.1, 0.15) is 17.7 Å². The van der Waals surface area contributed by atoms with Crippen LogP contribution in [-0.4, -0.2) is 47.6 Å². The molecule has 1 aromatic carbocycles. The predicted molar refractivity (Wildman–Crippen MR) is 119 cm³/mol. The summed E-state index contributed by atoms with van der Waals surface area (Å²) in [4.78, 5) is 26.9. The third-order valence-corrected chi connectivity index (χ3v) is 5.95. The largest absolute Gasteiger partial charge is 0.466 e. The van der Waals surface area contributed by atoms with E-state index >= 15 is 0 Å². The van der Waals surface area contributed by atoms with E-state index in [1.807, 2.05) is 23.3 Å². The molecule has 1 atom stereocenters. The summed E-state index contributed by atoms with van der Waals surface area (Å²) in [5.74, 6) is -0.565. The molecule has 1 aromatic heterocycles. The number of amides is 1. The molecular formula is C24H29FN4O3. The average Bonchev–Trinajstić information content (AvgIpc) is 2.99. The fourth-order valence-corrected chi connectivity index (χ4v) is 4.13. The Kier molecular flexibility index (Phi) is 7.65. The molecule has 0 saturated carbocycles. The van der Waals surface area contributed by atoms with Crippen LogP contribution in [0.15, 0.2) is 24.3 Å². The minimum atomic E-state index is -0.317. The molecule has 2 heterocycles. The minimum Gasteiger partial charge on any atom is -0.466 e. The maximum atomic E-state index is 13.3. The minimum absolute atomic E-state index is 0.126. The van der Waals surface area contributed by atoms with E-state index in [1.54, 1.807) is 19.1 Å². The van der Waals surface area contributed by atoms with Crippen LogP contribution in [-0.2, 0) is 20.9 Å². The number of anilines is 1. The fourth-order valence-electron chi connectivity index (χ4n) is 4.13. The van der Waals surface area contributed by atoms with Crippen LogP contribution < -0.4 is 5.32 Å². The molecule has 2 aromatic rings. The van der Waals surface area contributed by atoms with Gasteiger partial charge in [0, 0.05) is 18.8 Å². The number of nitrogens with one attached hydrogen (secondary N) is 1. The summed E-state index contributed by atoms with van der Waals surface area (Å²) in [5.41, 5.74) is 2.94. The highest BCUT2D eigenvalue weighted by Gasteiger charge is 2.28. The van der Waals surface area contributed by atoms with Crippen LogP contribution in [0.5, 0.6) is 0 Å². The van der Waals surface area contributed by atoms with Crippen molar-refractivity contribution in [2.45, 2.75) is 40.2 Å². The molecule has 1 fully saturated rings. The first-order valence-corrected chi connectivity index (χ1v) is 10.9. The Hall–Kier alpha value is -3.18. The van der Waals surface area contributed by atoms with Gasteiger partial charge in [-0.2, -0.15) is 5.26 Å². The highest BCUT2D eigenvalue weighted by atomic mass is 19.1. The van der Waals surface area contributed by atoms with Gasteiger partial charge in [0.15, 0.2) is 0 Å². The number of nitrogens with zero attached hydrogens (tertiary/aromatic N) is 3. The molecule has 0 radical (unpaired) electrons. The number of benzene rings is 1. The Balaban J connectivity index is 1.75. The zero-order chi connectivity index (χ0) is 23.3. The van der Waals surface area contributed by atoms with E-state index in [0.29, 0.717) is 31.1 Å². The van der Waals surface area contributed by atoms with E-state index in [4.69, 9.17) is 4.74 Å². The van der Waals surface area contributed by atoms with E-state index in [0.717, 1.165) is 36.2 Å². The number of esters is 1. The summed E-state index contributed by atoms with van der Waals surface area (Å²) in [5, 5.41) is 12.6. The molecule has 1 N–H and O–H groups in total. The highest BCUT2D eigenvalue weighted by molar-refractivity contribution is 5.93. The Labute approximate surface area is 187 Å². The van der Waals surface area contributed by atoms with E-state index in [9.17, 15) is 19.2 Å². The maximum Gasteiger partial charge on any atom is 0.310 e. The maximum absolute atomic E-state index is 13.3. The van der Waals surface area contributed by atoms with Gasteiger partial charge >= 0.3 is 5.97 Å². The van der Waals surface area contributed by atoms with E-state index in [2.05, 4.69) is 11.4 Å². The number of ether oxygens (including phenoxy) is 1. The number of carbonyl (C=O) groups excluding carboxylic acids is 2. The topological polar surface area (TPSA) is 87.4 Å². The number of aromatic nitrogens is 1. The van der Waals surface area contributed by atoms with Crippen molar-refractivity contribution in [2.24, 2.45) is 5.92 Å². The van der Waals surface area contributed by atoms with Gasteiger partial charge in [-0.15, -0.1) is 0 Å². The molecule has 8 heteroatoms. The first-order valence-electron chi connectivity index (χ1n) is 10.9. The standard InChI is InChI=1S/C24H29FN4O3/c1-4-32-24(31)19-6-5-11-28(14-19)15-22(30)27-23-21(12-26)16(2)17(3)29(23)13-18-7-9-20(25)10-8-18/h7-10,19H,4-6,11,13-15H2,1-3H3,(H,27,30)/t19-/m1/s1. The third-order valence-electron chi connectivity index (χ3n) is 5.95. The quantitative estimate of drug-likeness (QED) is 0.667. The number of likely N-dealkylation sites (tertiary alicyclic amines) is 1. The Morgan fingerprint density at radius 3 is 2.66 bits per heavy atom. The van der Waals surface area contributed by atoms with Crippen LogP contribution in [0.25, 0.3) is 0 Å². The molecule has 1 saturated heterocycles. The molecule has 1 amide bonds. The second kappa shape index (κ2) is 10.4. The van der Waals surface area contributed by atoms with Crippen LogP contribution in [0.3, 0.4) is 0 Å². The number of hydrogen-bond acceptors (Lipinski definition) is 5. The zero-order valence-corrected chi connectivity index (χ0v) is 18.8. The zero-order valence-electron chi connectivity index (χ0n) is 18.8. The number of rotatable bonds is 7. The first kappa shape index (κ1) is 23.5. The van der Waals surface area contributed by atoms with Crippen LogP contribution in [0, 0.1) is 36.9 Å². The monoisotopic (exact) mass is 440 g/mol. The van der Waals surface area contributed by atoms with E-state index < -0.39 is 0 Å². The predicted octanol–water partition coefficient (Wildman–Crippen LogP) is 3.38. The van der Waals surface area contributed by atoms with Gasteiger partial charge in [0.2, 0.25) is 5.91 Å². The van der Waals surface area contributed by atoms with Gasteiger partial charge in [0.05, 0.1) is 24.6 Å². The smallest absolute Gasteiger partial charge is 0.310 e. The van der Waals surface area contributed by atoms with Gasteiger partial charge in [0.25, 0.3) is 0 Å². The van der Waals surface area contributed by atoms with Crippen LogP contribution in [0.4, 0.5) is 10.2 Å². The normalized spacial score (nSPS) is 16.4. The summed E-state index contributed by atoms with van der Waals surface area (Å²) in [6, 6.07) is 8.35. The molecule has 1 aliphatic rings. The summed E-state index contributed by atoms with van der Waals surface area (Å²) in [7, 11) is 0. The van der Waals surface area contributed by atoms with Crippen molar-refractivity contribution in [1.29, 1.82) is 5.26 Å². The van der Waals surface area contributed by atoms with Crippen molar-refractivity contribution >= 4 is 17.7 Å². The molecule has 0 aliphatic carbocycles. The third kappa shape index (κ3) is 5.35. The van der Waals surface area contributed by atoms with Gasteiger partial charge < -0.3 is 14.6 Å². The lowest BCUT2D eigenvalue weighted by Gasteiger charge is -2.30. The van der Waals surface area contributed by atoms with Crippen molar-refractivity contribution in [2.75, 3.05) is 31.6 Å². The summed E-state index contributed by atoms with van der Waals surface area (Å²) >= 11 is 0. The second-order valence-electron chi connectivity index (χ2n) is 8.13. The second-order valence-corrected chi connectivity index (χ2v) is 8.13. The van der Waals surface area contributed by atoms with Gasteiger partial charge in [-0.05, 0) is 63.4 Å². The lowest BCUT2D eigenvalue weighted by Crippen LogP contribution is -2.43. The number of piperidine rings is 1. The van der Waals surface area contributed by atoms with Gasteiger partial charge in [-0.25, -0.2) is 4.39 Å². The van der Waals surface area contributed by atoms with E-state index in [-0.39, 0.29) is 30.2 Å². The summed E-state index contributed by atoms with van der Waals surface area (Å²) in [6.45, 7) is 7.60. The Morgan fingerprint density at radius 2 is 2.00 bits per heavy atom. The van der Waals surface area contributed by atoms with Crippen molar-refractivity contribution in [3.63, 3.8) is 0 Å². The average molecular weight is 441 g/mol. The molecule has 0 unspecified atom stereocenters. The van der Waals surface area contributed by atoms with Crippen molar-refractivity contribution in [3.05, 3.63) is 52.5 Å². The van der Waals surface area contributed by atoms with E-state index in [1.165, 1.54) is 12.1 Å². The highest BCUT2D eigenvalue weighted by Crippen LogP contribution is 2.27. The van der Waals surface area contributed by atoms with Gasteiger partial charge in [-0.1, -0.05) is 12.1 Å².